The molecule has 3 rings (SSSR count). The fourth-order valence-corrected chi connectivity index (χ4v) is 2.53. The first-order valence-electron chi connectivity index (χ1n) is 7.93. The quantitative estimate of drug-likeness (QED) is 0.514. The summed E-state index contributed by atoms with van der Waals surface area (Å²) < 4.78 is 7.73. The maximum absolute atomic E-state index is 10.5. The van der Waals surface area contributed by atoms with E-state index in [9.17, 15) is 9.90 Å². The number of carbonyl (C=O) groups is 1. The number of carboxylic acids is 1. The average Bonchev–Trinajstić information content (AvgIpc) is 2.98. The molecule has 0 atom stereocenters. The fourth-order valence-electron chi connectivity index (χ4n) is 2.53. The third-order valence-corrected chi connectivity index (χ3v) is 3.82. The van der Waals surface area contributed by atoms with Crippen LogP contribution in [0.1, 0.15) is 25.7 Å². The number of carboxylic acid groups (broad SMARTS) is 1. The summed E-state index contributed by atoms with van der Waals surface area (Å²) in [5.41, 5.74) is 2.13. The summed E-state index contributed by atoms with van der Waals surface area (Å²) >= 11 is 0. The second-order valence-electron chi connectivity index (χ2n) is 5.70. The maximum Gasteiger partial charge on any atom is 0.303 e. The third-order valence-electron chi connectivity index (χ3n) is 3.82. The Hall–Kier alpha value is -2.89. The molecule has 0 saturated carbocycles. The van der Waals surface area contributed by atoms with E-state index in [1.54, 1.807) is 18.2 Å². The largest absolute Gasteiger partial charge is 0.508 e. The molecule has 0 fully saturated rings. The second kappa shape index (κ2) is 7.12. The van der Waals surface area contributed by atoms with Crippen LogP contribution in [0, 0.1) is 0 Å². The van der Waals surface area contributed by atoms with Gasteiger partial charge in [-0.25, -0.2) is 9.55 Å². The third kappa shape index (κ3) is 3.90. The molecule has 0 unspecified atom stereocenters. The number of fused-ring (bicyclic) bond motifs is 1. The van der Waals surface area contributed by atoms with Crippen molar-refractivity contribution >= 4 is 17.1 Å². The molecule has 2 N–H and O–H groups in total. The summed E-state index contributed by atoms with van der Waals surface area (Å²) in [6.45, 7) is 0.849. The molecule has 0 spiro atoms. The van der Waals surface area contributed by atoms with Crippen molar-refractivity contribution in [1.82, 2.24) is 4.98 Å². The molecule has 0 radical (unpaired) electrons. The van der Waals surface area contributed by atoms with Gasteiger partial charge in [-0.05, 0) is 25.0 Å². The summed E-state index contributed by atoms with van der Waals surface area (Å²) in [5, 5.41) is 18.1. The summed E-state index contributed by atoms with van der Waals surface area (Å²) in [7, 11) is 0. The predicted molar refractivity (Wildman–Crippen MR) is 87.4 cm³/mol. The molecule has 2 heterocycles. The zero-order chi connectivity index (χ0) is 16.9. The summed E-state index contributed by atoms with van der Waals surface area (Å²) in [4.78, 5) is 14.9. The smallest absolute Gasteiger partial charge is 0.303 e. The minimum atomic E-state index is -0.737. The van der Waals surface area contributed by atoms with E-state index in [0.717, 1.165) is 24.9 Å². The van der Waals surface area contributed by atoms with E-state index in [1.807, 2.05) is 24.5 Å². The van der Waals surface area contributed by atoms with Crippen LogP contribution in [0.25, 0.3) is 22.6 Å². The van der Waals surface area contributed by atoms with Gasteiger partial charge in [-0.1, -0.05) is 0 Å². The van der Waals surface area contributed by atoms with Crippen LogP contribution in [0.3, 0.4) is 0 Å². The number of aromatic nitrogens is 2. The van der Waals surface area contributed by atoms with E-state index in [-0.39, 0.29) is 12.2 Å². The molecule has 3 aromatic rings. The molecule has 0 bridgehead atoms. The van der Waals surface area contributed by atoms with Crippen molar-refractivity contribution in [1.29, 1.82) is 0 Å². The van der Waals surface area contributed by atoms with Crippen molar-refractivity contribution in [3.8, 4) is 17.2 Å². The van der Waals surface area contributed by atoms with Crippen LogP contribution in [0.4, 0.5) is 0 Å². The molecule has 6 heteroatoms. The summed E-state index contributed by atoms with van der Waals surface area (Å²) in [5.74, 6) is -0.0677. The fraction of sp³-hybridized carbons (Fsp3) is 0.278. The topological polar surface area (TPSA) is 87.4 Å². The number of hydrogen-bond acceptors (Lipinski definition) is 4. The molecule has 0 amide bonds. The Morgan fingerprint density at radius 1 is 1.12 bits per heavy atom. The highest BCUT2D eigenvalue weighted by atomic mass is 16.4. The van der Waals surface area contributed by atoms with Crippen molar-refractivity contribution in [3.63, 3.8) is 0 Å². The Morgan fingerprint density at radius 3 is 2.67 bits per heavy atom. The molecular weight excluding hydrogens is 308 g/mol. The first-order valence-corrected chi connectivity index (χ1v) is 7.93. The second-order valence-corrected chi connectivity index (χ2v) is 5.70. The van der Waals surface area contributed by atoms with E-state index < -0.39 is 5.97 Å². The van der Waals surface area contributed by atoms with E-state index >= 15 is 0 Å². The van der Waals surface area contributed by atoms with Gasteiger partial charge in [0, 0.05) is 36.6 Å². The van der Waals surface area contributed by atoms with Gasteiger partial charge in [0.15, 0.2) is 18.0 Å². The molecule has 0 aliphatic heterocycles. The van der Waals surface area contributed by atoms with Crippen molar-refractivity contribution in [2.45, 2.75) is 32.2 Å². The van der Waals surface area contributed by atoms with E-state index in [2.05, 4.69) is 9.55 Å². The van der Waals surface area contributed by atoms with Crippen LogP contribution in [0.15, 0.2) is 47.1 Å². The monoisotopic (exact) mass is 327 g/mol. The number of rotatable bonds is 7. The summed E-state index contributed by atoms with van der Waals surface area (Å²) in [6, 6.07) is 8.71. The number of nitrogens with zero attached hydrogens (tertiary/aromatic N) is 2. The van der Waals surface area contributed by atoms with Crippen LogP contribution in [0.5, 0.6) is 5.75 Å². The number of benzene rings is 1. The van der Waals surface area contributed by atoms with E-state index in [1.165, 1.54) is 0 Å². The zero-order valence-electron chi connectivity index (χ0n) is 13.2. The lowest BCUT2D eigenvalue weighted by Crippen LogP contribution is -2.32. The average molecular weight is 327 g/mol. The highest BCUT2D eigenvalue weighted by molar-refractivity contribution is 5.77. The van der Waals surface area contributed by atoms with Crippen LogP contribution in [-0.4, -0.2) is 21.2 Å². The van der Waals surface area contributed by atoms with Crippen LogP contribution >= 0.6 is 0 Å². The number of aliphatic carboxylic acids is 1. The number of oxazole rings is 1. The minimum absolute atomic E-state index is 0.152. The zero-order valence-corrected chi connectivity index (χ0v) is 13.2. The standard InChI is InChI=1S/C18H18N2O4/c21-14-5-6-15-16(12-14)24-18(19-15)13-7-10-20(11-8-13)9-3-1-2-4-17(22)23/h5-8,10-12H,1-4,9H2,(H,22,23)/p+1. The van der Waals surface area contributed by atoms with E-state index in [4.69, 9.17) is 9.52 Å². The van der Waals surface area contributed by atoms with Crippen molar-refractivity contribution in [2.24, 2.45) is 0 Å². The number of phenolic OH excluding ortho intramolecular Hbond substituents is 1. The lowest BCUT2D eigenvalue weighted by Gasteiger charge is -1.98. The van der Waals surface area contributed by atoms with Crippen LogP contribution < -0.4 is 4.57 Å². The van der Waals surface area contributed by atoms with Gasteiger partial charge in [0.05, 0.1) is 0 Å². The number of aryl methyl sites for hydroxylation is 1. The lowest BCUT2D eigenvalue weighted by molar-refractivity contribution is -0.697. The Morgan fingerprint density at radius 2 is 1.92 bits per heavy atom. The maximum atomic E-state index is 10.5. The van der Waals surface area contributed by atoms with Gasteiger partial charge in [-0.15, -0.1) is 0 Å². The molecule has 0 saturated heterocycles. The number of unbranched alkanes of at least 4 members (excludes halogenated alkanes) is 2. The van der Waals surface area contributed by atoms with Gasteiger partial charge in [-0.2, -0.15) is 0 Å². The number of aromatic hydroxyl groups is 1. The lowest BCUT2D eigenvalue weighted by atomic mass is 10.2. The van der Waals surface area contributed by atoms with Crippen LogP contribution in [0.2, 0.25) is 0 Å². The van der Waals surface area contributed by atoms with Crippen molar-refractivity contribution in [2.75, 3.05) is 0 Å². The minimum Gasteiger partial charge on any atom is -0.508 e. The van der Waals surface area contributed by atoms with Gasteiger partial charge in [0.1, 0.15) is 17.8 Å². The SMILES string of the molecule is O=C(O)CCCCC[n+]1ccc(-c2nc3ccc(O)cc3o2)cc1. The molecule has 2 aromatic heterocycles. The molecule has 24 heavy (non-hydrogen) atoms. The Kier molecular flexibility index (Phi) is 4.74. The Labute approximate surface area is 139 Å². The number of phenols is 1. The van der Waals surface area contributed by atoms with Gasteiger partial charge >= 0.3 is 5.97 Å². The predicted octanol–water partition coefficient (Wildman–Crippen LogP) is 3.13. The van der Waals surface area contributed by atoms with Gasteiger partial charge in [0.25, 0.3) is 0 Å². The summed E-state index contributed by atoms with van der Waals surface area (Å²) in [6.07, 6.45) is 6.70. The molecular formula is C18H19N2O4+. The molecule has 0 aliphatic rings. The van der Waals surface area contributed by atoms with Crippen LogP contribution in [-0.2, 0) is 11.3 Å². The van der Waals surface area contributed by atoms with Gasteiger partial charge in [0.2, 0.25) is 5.89 Å². The highest BCUT2D eigenvalue weighted by Gasteiger charge is 2.10. The Balaban J connectivity index is 1.62. The van der Waals surface area contributed by atoms with Crippen molar-refractivity contribution in [3.05, 3.63) is 42.7 Å². The van der Waals surface area contributed by atoms with E-state index in [0.29, 0.717) is 23.4 Å². The van der Waals surface area contributed by atoms with Crippen molar-refractivity contribution < 1.29 is 24.0 Å². The van der Waals surface area contributed by atoms with Gasteiger partial charge in [-0.3, -0.25) is 4.79 Å². The molecule has 0 aliphatic carbocycles. The first-order chi connectivity index (χ1) is 11.6. The number of pyridine rings is 1. The number of hydrogen-bond donors (Lipinski definition) is 2. The highest BCUT2D eigenvalue weighted by Crippen LogP contribution is 2.25. The molecule has 124 valence electrons. The Bertz CT molecular complexity index is 840. The molecule has 1 aromatic carbocycles. The first kappa shape index (κ1) is 16.0. The normalized spacial score (nSPS) is 11.0. The molecule has 6 nitrogen and oxygen atoms in total. The van der Waals surface area contributed by atoms with Gasteiger partial charge < -0.3 is 14.6 Å².